The van der Waals surface area contributed by atoms with Gasteiger partial charge in [0, 0.05) is 17.8 Å². The lowest BCUT2D eigenvalue weighted by Gasteiger charge is -2.17. The first-order valence-corrected chi connectivity index (χ1v) is 7.48. The zero-order valence-electron chi connectivity index (χ0n) is 12.7. The molecule has 1 aliphatic rings. The van der Waals surface area contributed by atoms with E-state index in [2.05, 4.69) is 37.5 Å². The number of fused-ring (bicyclic) bond motifs is 1. The van der Waals surface area contributed by atoms with Gasteiger partial charge in [0.2, 0.25) is 0 Å². The molecule has 2 aromatic rings. The number of benzene rings is 1. The van der Waals surface area contributed by atoms with Gasteiger partial charge in [-0.3, -0.25) is 0 Å². The molecule has 0 amide bonds. The maximum absolute atomic E-state index is 5.87. The van der Waals surface area contributed by atoms with Crippen LogP contribution in [-0.4, -0.2) is 9.55 Å². The molecule has 0 saturated carbocycles. The normalized spacial score (nSPS) is 14.4. The van der Waals surface area contributed by atoms with Crippen LogP contribution in [-0.2, 0) is 19.5 Å². The number of nitrogens with two attached hydrogens (primary N) is 1. The van der Waals surface area contributed by atoms with Crippen molar-refractivity contribution in [3.8, 4) is 11.3 Å². The van der Waals surface area contributed by atoms with Crippen molar-refractivity contribution in [2.24, 2.45) is 5.73 Å². The Morgan fingerprint density at radius 1 is 1.10 bits per heavy atom. The fraction of sp³-hybridized carbons (Fsp3) is 0.471. The predicted molar refractivity (Wildman–Crippen MR) is 82.7 cm³/mol. The monoisotopic (exact) mass is 269 g/mol. The molecule has 1 aromatic carbocycles. The van der Waals surface area contributed by atoms with Gasteiger partial charge in [-0.25, -0.2) is 4.98 Å². The van der Waals surface area contributed by atoms with Gasteiger partial charge in [-0.15, -0.1) is 0 Å². The minimum Gasteiger partial charge on any atom is -0.330 e. The van der Waals surface area contributed by atoms with Crippen LogP contribution < -0.4 is 5.73 Å². The highest BCUT2D eigenvalue weighted by atomic mass is 15.1. The van der Waals surface area contributed by atoms with Gasteiger partial charge in [-0.05, 0) is 62.8 Å². The Balaban J connectivity index is 2.20. The molecule has 0 spiro atoms. The first kappa shape index (κ1) is 13.4. The largest absolute Gasteiger partial charge is 0.330 e. The summed E-state index contributed by atoms with van der Waals surface area (Å²) in [5, 5.41) is 0. The van der Waals surface area contributed by atoms with Crippen molar-refractivity contribution < 1.29 is 0 Å². The van der Waals surface area contributed by atoms with Crippen LogP contribution in [0.3, 0.4) is 0 Å². The number of hydrogen-bond donors (Lipinski definition) is 1. The van der Waals surface area contributed by atoms with Crippen LogP contribution in [0.2, 0.25) is 0 Å². The van der Waals surface area contributed by atoms with E-state index in [1.807, 2.05) is 0 Å². The molecule has 1 aliphatic heterocycles. The molecule has 3 rings (SSSR count). The summed E-state index contributed by atoms with van der Waals surface area (Å²) >= 11 is 0. The molecule has 0 atom stereocenters. The lowest BCUT2D eigenvalue weighted by Crippen LogP contribution is -2.15. The second-order valence-electron chi connectivity index (χ2n) is 5.89. The maximum Gasteiger partial charge on any atom is 0.123 e. The Kier molecular flexibility index (Phi) is 3.38. The Morgan fingerprint density at radius 2 is 1.85 bits per heavy atom. The number of aryl methyl sites for hydroxylation is 3. The Bertz CT molecular complexity index is 653. The molecule has 0 saturated heterocycles. The molecule has 0 fully saturated rings. The van der Waals surface area contributed by atoms with Gasteiger partial charge in [0.1, 0.15) is 5.82 Å². The van der Waals surface area contributed by atoms with E-state index in [1.54, 1.807) is 0 Å². The van der Waals surface area contributed by atoms with Crippen LogP contribution in [0.4, 0.5) is 0 Å². The van der Waals surface area contributed by atoms with Crippen molar-refractivity contribution in [2.45, 2.75) is 53.1 Å². The minimum atomic E-state index is 0.525. The van der Waals surface area contributed by atoms with Crippen LogP contribution >= 0.6 is 0 Å². The van der Waals surface area contributed by atoms with Crippen LogP contribution in [0.15, 0.2) is 12.1 Å². The smallest absolute Gasteiger partial charge is 0.123 e. The maximum atomic E-state index is 5.87. The van der Waals surface area contributed by atoms with Crippen molar-refractivity contribution in [3.63, 3.8) is 0 Å². The Labute approximate surface area is 120 Å². The lowest BCUT2D eigenvalue weighted by atomic mass is 9.96. The zero-order valence-corrected chi connectivity index (χ0v) is 12.7. The topological polar surface area (TPSA) is 43.8 Å². The average Bonchev–Trinajstić information content (AvgIpc) is 2.82. The number of aromatic nitrogens is 2. The number of hydrogen-bond acceptors (Lipinski definition) is 2. The van der Waals surface area contributed by atoms with Gasteiger partial charge in [-0.1, -0.05) is 6.07 Å². The van der Waals surface area contributed by atoms with Gasteiger partial charge < -0.3 is 10.3 Å². The molecule has 0 radical (unpaired) electrons. The Hall–Kier alpha value is -1.61. The molecule has 20 heavy (non-hydrogen) atoms. The molecular weight excluding hydrogens is 246 g/mol. The second kappa shape index (κ2) is 5.06. The third kappa shape index (κ3) is 2.06. The summed E-state index contributed by atoms with van der Waals surface area (Å²) in [6.07, 6.45) is 3.61. The highest BCUT2D eigenvalue weighted by Gasteiger charge is 2.21. The molecule has 3 nitrogen and oxygen atoms in total. The van der Waals surface area contributed by atoms with E-state index >= 15 is 0 Å². The van der Waals surface area contributed by atoms with E-state index in [0.29, 0.717) is 6.54 Å². The third-order valence-electron chi connectivity index (χ3n) is 4.48. The molecular formula is C17H23N3. The molecule has 1 aromatic heterocycles. The molecule has 0 aliphatic carbocycles. The molecule has 0 bridgehead atoms. The fourth-order valence-corrected chi connectivity index (χ4v) is 3.20. The standard InChI is InChI=1S/C17H23N3/c1-11-8-13(3)14(9-12(11)2)17-15-6-4-5-7-20(15)16(10-18)19-17/h8-9H,4-7,10,18H2,1-3H3. The van der Waals surface area contributed by atoms with E-state index in [-0.39, 0.29) is 0 Å². The first-order chi connectivity index (χ1) is 9.61. The first-order valence-electron chi connectivity index (χ1n) is 7.48. The Morgan fingerprint density at radius 3 is 2.60 bits per heavy atom. The van der Waals surface area contributed by atoms with Crippen LogP contribution in [0.25, 0.3) is 11.3 Å². The van der Waals surface area contributed by atoms with Gasteiger partial charge in [0.15, 0.2) is 0 Å². The SMILES string of the molecule is Cc1cc(C)c(-c2nc(CN)n3c2CCCC3)cc1C. The summed E-state index contributed by atoms with van der Waals surface area (Å²) in [6, 6.07) is 4.55. The minimum absolute atomic E-state index is 0.525. The summed E-state index contributed by atoms with van der Waals surface area (Å²) in [5.74, 6) is 1.03. The van der Waals surface area contributed by atoms with E-state index in [4.69, 9.17) is 10.7 Å². The molecule has 2 N–H and O–H groups in total. The summed E-state index contributed by atoms with van der Waals surface area (Å²) in [4.78, 5) is 4.85. The van der Waals surface area contributed by atoms with Gasteiger partial charge in [-0.2, -0.15) is 0 Å². The van der Waals surface area contributed by atoms with Crippen LogP contribution in [0.1, 0.15) is 41.1 Å². The van der Waals surface area contributed by atoms with E-state index in [1.165, 1.54) is 40.8 Å². The highest BCUT2D eigenvalue weighted by Crippen LogP contribution is 2.32. The van der Waals surface area contributed by atoms with Crippen molar-refractivity contribution in [1.29, 1.82) is 0 Å². The molecule has 3 heteroatoms. The summed E-state index contributed by atoms with van der Waals surface area (Å²) in [5.41, 5.74) is 13.7. The van der Waals surface area contributed by atoms with Crippen molar-refractivity contribution in [3.05, 3.63) is 40.3 Å². The van der Waals surface area contributed by atoms with Gasteiger partial charge in [0.05, 0.1) is 12.2 Å². The number of rotatable bonds is 2. The number of nitrogens with zero attached hydrogens (tertiary/aromatic N) is 2. The zero-order chi connectivity index (χ0) is 14.3. The number of imidazole rings is 1. The fourth-order valence-electron chi connectivity index (χ4n) is 3.20. The highest BCUT2D eigenvalue weighted by molar-refractivity contribution is 5.68. The van der Waals surface area contributed by atoms with Crippen molar-refractivity contribution in [2.75, 3.05) is 0 Å². The van der Waals surface area contributed by atoms with E-state index in [0.717, 1.165) is 24.5 Å². The van der Waals surface area contributed by atoms with Gasteiger partial charge >= 0.3 is 0 Å². The molecule has 2 heterocycles. The second-order valence-corrected chi connectivity index (χ2v) is 5.89. The lowest BCUT2D eigenvalue weighted by molar-refractivity contribution is 0.515. The van der Waals surface area contributed by atoms with E-state index in [9.17, 15) is 0 Å². The van der Waals surface area contributed by atoms with E-state index < -0.39 is 0 Å². The van der Waals surface area contributed by atoms with Crippen LogP contribution in [0.5, 0.6) is 0 Å². The average molecular weight is 269 g/mol. The van der Waals surface area contributed by atoms with Crippen molar-refractivity contribution >= 4 is 0 Å². The predicted octanol–water partition coefficient (Wildman–Crippen LogP) is 3.27. The van der Waals surface area contributed by atoms with Crippen molar-refractivity contribution in [1.82, 2.24) is 9.55 Å². The summed E-state index contributed by atoms with van der Waals surface area (Å²) < 4.78 is 2.34. The molecule has 106 valence electrons. The quantitative estimate of drug-likeness (QED) is 0.909. The summed E-state index contributed by atoms with van der Waals surface area (Å²) in [6.45, 7) is 8.11. The third-order valence-corrected chi connectivity index (χ3v) is 4.48. The summed E-state index contributed by atoms with van der Waals surface area (Å²) in [7, 11) is 0. The van der Waals surface area contributed by atoms with Crippen LogP contribution in [0, 0.1) is 20.8 Å². The molecule has 0 unspecified atom stereocenters. The van der Waals surface area contributed by atoms with Gasteiger partial charge in [0.25, 0.3) is 0 Å².